The summed E-state index contributed by atoms with van der Waals surface area (Å²) in [5, 5.41) is 7.38. The third kappa shape index (κ3) is 4.34. The predicted octanol–water partition coefficient (Wildman–Crippen LogP) is 3.27. The fourth-order valence-corrected chi connectivity index (χ4v) is 3.26. The molecule has 114 valence electrons. The van der Waals surface area contributed by atoms with E-state index < -0.39 is 0 Å². The fourth-order valence-electron chi connectivity index (χ4n) is 2.82. The first kappa shape index (κ1) is 16.1. The minimum atomic E-state index is -0.190. The summed E-state index contributed by atoms with van der Waals surface area (Å²) < 4.78 is 1.78. The Morgan fingerprint density at radius 3 is 2.86 bits per heavy atom. The van der Waals surface area contributed by atoms with Crippen molar-refractivity contribution in [2.24, 2.45) is 11.8 Å². The van der Waals surface area contributed by atoms with Gasteiger partial charge in [-0.3, -0.25) is 4.79 Å². The molecule has 1 aliphatic rings. The van der Waals surface area contributed by atoms with Crippen molar-refractivity contribution in [1.82, 2.24) is 9.78 Å². The average molecular weight is 352 g/mol. The Hall–Kier alpha value is -1.28. The van der Waals surface area contributed by atoms with Crippen molar-refractivity contribution in [3.05, 3.63) is 21.0 Å². The number of halogens is 1. The molecule has 0 saturated heterocycles. The molecule has 1 heterocycles. The lowest BCUT2D eigenvalue weighted by molar-refractivity contribution is 0.282. The Labute approximate surface area is 134 Å². The van der Waals surface area contributed by atoms with Crippen molar-refractivity contribution >= 4 is 21.6 Å². The zero-order valence-electron chi connectivity index (χ0n) is 12.4. The molecule has 0 spiro atoms. The van der Waals surface area contributed by atoms with Crippen LogP contribution in [0.15, 0.2) is 15.5 Å². The lowest BCUT2D eigenvalue weighted by Gasteiger charge is -2.26. The summed E-state index contributed by atoms with van der Waals surface area (Å²) >= 11 is 3.33. The molecule has 5 heteroatoms. The van der Waals surface area contributed by atoms with Crippen LogP contribution in [0.1, 0.15) is 39.0 Å². The summed E-state index contributed by atoms with van der Waals surface area (Å²) in [5.41, 5.74) is 0.557. The molecule has 21 heavy (non-hydrogen) atoms. The highest BCUT2D eigenvalue weighted by Crippen LogP contribution is 2.30. The third-order valence-corrected chi connectivity index (χ3v) is 5.00. The molecule has 0 atom stereocenters. The monoisotopic (exact) mass is 351 g/mol. The van der Waals surface area contributed by atoms with Gasteiger partial charge in [-0.05, 0) is 34.2 Å². The Bertz CT molecular complexity index is 568. The minimum absolute atomic E-state index is 0.190. The van der Waals surface area contributed by atoms with E-state index in [1.54, 1.807) is 6.20 Å². The van der Waals surface area contributed by atoms with Gasteiger partial charge in [0.1, 0.15) is 11.0 Å². The van der Waals surface area contributed by atoms with E-state index in [4.69, 9.17) is 6.42 Å². The maximum Gasteiger partial charge on any atom is 0.284 e. The molecule has 0 aliphatic heterocycles. The lowest BCUT2D eigenvalue weighted by atomic mass is 9.81. The highest BCUT2D eigenvalue weighted by Gasteiger charge is 2.17. The second-order valence-electron chi connectivity index (χ2n) is 5.88. The van der Waals surface area contributed by atoms with Crippen molar-refractivity contribution in [3.8, 4) is 12.3 Å². The van der Waals surface area contributed by atoms with Crippen LogP contribution < -0.4 is 10.9 Å². The van der Waals surface area contributed by atoms with Crippen LogP contribution in [-0.2, 0) is 6.54 Å². The number of hydrogen-bond acceptors (Lipinski definition) is 3. The van der Waals surface area contributed by atoms with E-state index in [1.165, 1.54) is 30.4 Å². The van der Waals surface area contributed by atoms with Crippen molar-refractivity contribution in [2.45, 2.75) is 45.6 Å². The molecule has 0 bridgehead atoms. The molecule has 2 rings (SSSR count). The summed E-state index contributed by atoms with van der Waals surface area (Å²) in [5.74, 6) is 4.11. The molecular weight excluding hydrogens is 330 g/mol. The topological polar surface area (TPSA) is 46.9 Å². The van der Waals surface area contributed by atoms with Crippen LogP contribution in [-0.4, -0.2) is 16.3 Å². The first-order valence-electron chi connectivity index (χ1n) is 7.54. The van der Waals surface area contributed by atoms with Gasteiger partial charge in [0.15, 0.2) is 0 Å². The summed E-state index contributed by atoms with van der Waals surface area (Å²) in [6.07, 6.45) is 13.4. The van der Waals surface area contributed by atoms with Gasteiger partial charge in [-0.15, -0.1) is 6.42 Å². The van der Waals surface area contributed by atoms with Crippen LogP contribution >= 0.6 is 15.9 Å². The Morgan fingerprint density at radius 2 is 2.19 bits per heavy atom. The van der Waals surface area contributed by atoms with E-state index >= 15 is 0 Å². The largest absolute Gasteiger partial charge is 0.383 e. The standard InChI is InChI=1S/C16H22BrN3O/c1-3-10-20-16(21)15(17)14(11-19-20)18-9-8-13-6-4-12(2)5-7-13/h1,11-13,18H,4-10H2,2H3. The smallest absolute Gasteiger partial charge is 0.284 e. The molecular formula is C16H22BrN3O. The summed E-state index contributed by atoms with van der Waals surface area (Å²) in [7, 11) is 0. The summed E-state index contributed by atoms with van der Waals surface area (Å²) in [6.45, 7) is 3.40. The second-order valence-corrected chi connectivity index (χ2v) is 6.67. The van der Waals surface area contributed by atoms with Crippen LogP contribution in [0.5, 0.6) is 0 Å². The van der Waals surface area contributed by atoms with Crippen molar-refractivity contribution in [2.75, 3.05) is 11.9 Å². The molecule has 0 radical (unpaired) electrons. The molecule has 4 nitrogen and oxygen atoms in total. The van der Waals surface area contributed by atoms with Crippen molar-refractivity contribution < 1.29 is 0 Å². The normalized spacial score (nSPS) is 21.8. The van der Waals surface area contributed by atoms with Gasteiger partial charge >= 0.3 is 0 Å². The molecule has 1 aliphatic carbocycles. The lowest BCUT2D eigenvalue weighted by Crippen LogP contribution is -2.24. The molecule has 1 aromatic rings. The molecule has 0 aromatic carbocycles. The van der Waals surface area contributed by atoms with E-state index in [2.05, 4.69) is 39.2 Å². The maximum absolute atomic E-state index is 12.0. The predicted molar refractivity (Wildman–Crippen MR) is 89.3 cm³/mol. The molecule has 1 fully saturated rings. The Balaban J connectivity index is 1.88. The highest BCUT2D eigenvalue weighted by atomic mass is 79.9. The number of terminal acetylenes is 1. The fraction of sp³-hybridized carbons (Fsp3) is 0.625. The Morgan fingerprint density at radius 1 is 1.48 bits per heavy atom. The quantitative estimate of drug-likeness (QED) is 0.828. The second kappa shape index (κ2) is 7.65. The highest BCUT2D eigenvalue weighted by molar-refractivity contribution is 9.10. The van der Waals surface area contributed by atoms with E-state index in [9.17, 15) is 4.79 Å². The number of rotatable bonds is 5. The van der Waals surface area contributed by atoms with Gasteiger partial charge in [0.25, 0.3) is 5.56 Å². The van der Waals surface area contributed by atoms with Crippen LogP contribution in [0, 0.1) is 24.2 Å². The third-order valence-electron chi connectivity index (χ3n) is 4.23. The van der Waals surface area contributed by atoms with Gasteiger partial charge in [-0.1, -0.05) is 38.5 Å². The first-order chi connectivity index (χ1) is 10.1. The van der Waals surface area contributed by atoms with Crippen LogP contribution in [0.2, 0.25) is 0 Å². The zero-order chi connectivity index (χ0) is 15.2. The number of anilines is 1. The van der Waals surface area contributed by atoms with Crippen molar-refractivity contribution in [1.29, 1.82) is 0 Å². The molecule has 1 N–H and O–H groups in total. The van der Waals surface area contributed by atoms with Crippen LogP contribution in [0.3, 0.4) is 0 Å². The van der Waals surface area contributed by atoms with Crippen LogP contribution in [0.25, 0.3) is 0 Å². The van der Waals surface area contributed by atoms with E-state index in [0.29, 0.717) is 4.47 Å². The van der Waals surface area contributed by atoms with Gasteiger partial charge < -0.3 is 5.32 Å². The maximum atomic E-state index is 12.0. The van der Waals surface area contributed by atoms with Gasteiger partial charge in [-0.25, -0.2) is 4.68 Å². The van der Waals surface area contributed by atoms with E-state index in [1.807, 2.05) is 0 Å². The number of aromatic nitrogens is 2. The van der Waals surface area contributed by atoms with E-state index in [0.717, 1.165) is 30.5 Å². The van der Waals surface area contributed by atoms with Gasteiger partial charge in [0.05, 0.1) is 11.9 Å². The molecule has 0 amide bonds. The molecule has 1 saturated carbocycles. The van der Waals surface area contributed by atoms with Gasteiger partial charge in [-0.2, -0.15) is 5.10 Å². The van der Waals surface area contributed by atoms with Gasteiger partial charge in [0, 0.05) is 6.54 Å². The van der Waals surface area contributed by atoms with Crippen molar-refractivity contribution in [3.63, 3.8) is 0 Å². The average Bonchev–Trinajstić information content (AvgIpc) is 2.48. The summed E-state index contributed by atoms with van der Waals surface area (Å²) in [6, 6.07) is 0. The zero-order valence-corrected chi connectivity index (χ0v) is 14.0. The SMILES string of the molecule is C#CCn1ncc(NCCC2CCC(C)CC2)c(Br)c1=O. The molecule has 0 unspecified atom stereocenters. The molecule has 1 aromatic heterocycles. The van der Waals surface area contributed by atoms with E-state index in [-0.39, 0.29) is 12.1 Å². The Kier molecular flexibility index (Phi) is 5.86. The summed E-state index contributed by atoms with van der Waals surface area (Å²) in [4.78, 5) is 12.0. The number of nitrogens with zero attached hydrogens (tertiary/aromatic N) is 2. The number of nitrogens with one attached hydrogen (secondary N) is 1. The minimum Gasteiger partial charge on any atom is -0.383 e. The number of hydrogen-bond donors (Lipinski definition) is 1. The van der Waals surface area contributed by atoms with Gasteiger partial charge in [0.2, 0.25) is 0 Å². The first-order valence-corrected chi connectivity index (χ1v) is 8.34. The van der Waals surface area contributed by atoms with Crippen LogP contribution in [0.4, 0.5) is 5.69 Å².